The number of hydrogen-bond acceptors (Lipinski definition) is 6. The first kappa shape index (κ1) is 24.8. The molecule has 1 N–H and O–H groups in total. The maximum atomic E-state index is 13.9. The number of aromatic nitrogens is 1. The molecule has 2 heterocycles. The molecule has 3 aromatic rings. The molecule has 1 aromatic heterocycles. The van der Waals surface area contributed by atoms with Gasteiger partial charge in [-0.25, -0.2) is 0 Å². The van der Waals surface area contributed by atoms with Gasteiger partial charge in [0.1, 0.15) is 6.10 Å². The fourth-order valence-electron chi connectivity index (χ4n) is 5.45. The lowest BCUT2D eigenvalue weighted by atomic mass is 9.71. The number of hydrogen-bond donors (Lipinski definition) is 1. The summed E-state index contributed by atoms with van der Waals surface area (Å²) in [6.45, 7) is 9.33. The Morgan fingerprint density at radius 1 is 1.25 bits per heavy atom. The molecule has 0 radical (unpaired) electrons. The summed E-state index contributed by atoms with van der Waals surface area (Å²) in [6.07, 6.45) is 1.86. The molecule has 1 aliphatic carbocycles. The van der Waals surface area contributed by atoms with Crippen molar-refractivity contribution in [2.75, 3.05) is 33.7 Å². The molecule has 0 saturated carbocycles. The molecule has 1 saturated heterocycles. The number of aromatic amines is 1. The summed E-state index contributed by atoms with van der Waals surface area (Å²) in [4.78, 5) is 20.3. The number of piperidine rings is 1. The Labute approximate surface area is 215 Å². The Balaban J connectivity index is 1.63. The van der Waals surface area contributed by atoms with Crippen molar-refractivity contribution in [1.29, 1.82) is 5.26 Å². The van der Waals surface area contributed by atoms with Crippen LogP contribution in [0.5, 0.6) is 5.75 Å². The van der Waals surface area contributed by atoms with Crippen molar-refractivity contribution in [3.63, 3.8) is 0 Å². The predicted molar refractivity (Wildman–Crippen MR) is 141 cm³/mol. The van der Waals surface area contributed by atoms with Crippen molar-refractivity contribution in [1.82, 2.24) is 14.2 Å². The fraction of sp³-hybridized carbons (Fsp3) is 0.429. The molecule has 1 atom stereocenters. The van der Waals surface area contributed by atoms with Crippen LogP contribution in [0.1, 0.15) is 66.4 Å². The van der Waals surface area contributed by atoms with Gasteiger partial charge in [-0.05, 0) is 43.1 Å². The lowest BCUT2D eigenvalue weighted by molar-refractivity contribution is 0.100. The number of carbonyl (C=O) groups excluding carboxylic acids is 1. The second-order valence-electron chi connectivity index (χ2n) is 10.4. The molecule has 1 fully saturated rings. The minimum Gasteiger partial charge on any atom is -0.593 e. The summed E-state index contributed by atoms with van der Waals surface area (Å²) in [5.74, 6) is 0.484. The third-order valence-electron chi connectivity index (χ3n) is 7.58. The van der Waals surface area contributed by atoms with Crippen LogP contribution in [-0.2, 0) is 16.8 Å². The van der Waals surface area contributed by atoms with Crippen molar-refractivity contribution < 1.29 is 14.1 Å². The summed E-state index contributed by atoms with van der Waals surface area (Å²) in [7, 11) is 3.52. The standard InChI is InChI=1S/C28H32N4O3S/c1-6-32-11-9-18(10-12-32)35-23-15-21-20(14-24(23)36(34)31(4)5)26(33)25-19-8-7-17(16-29)13-22(19)30-27(25)28(21,2)3/h7-8,13-15,18,30H,6,9-12H2,1-5H3. The van der Waals surface area contributed by atoms with Crippen molar-refractivity contribution in [2.45, 2.75) is 50.0 Å². The number of likely N-dealkylation sites (tertiary alicyclic amines) is 1. The first-order valence-corrected chi connectivity index (χ1v) is 13.5. The zero-order chi connectivity index (χ0) is 25.8. The third kappa shape index (κ3) is 4.00. The number of ketones is 1. The molecule has 0 spiro atoms. The van der Waals surface area contributed by atoms with Crippen LogP contribution in [0.15, 0.2) is 35.2 Å². The van der Waals surface area contributed by atoms with Gasteiger partial charge in [-0.15, -0.1) is 4.31 Å². The van der Waals surface area contributed by atoms with Gasteiger partial charge in [0.25, 0.3) is 0 Å². The monoisotopic (exact) mass is 504 g/mol. The average molecular weight is 505 g/mol. The number of benzene rings is 2. The number of fused-ring (bicyclic) bond motifs is 4. The van der Waals surface area contributed by atoms with Gasteiger partial charge in [-0.1, -0.05) is 26.8 Å². The molecule has 2 aliphatic rings. The Bertz CT molecular complexity index is 1380. The van der Waals surface area contributed by atoms with Gasteiger partial charge in [0, 0.05) is 60.8 Å². The molecular weight excluding hydrogens is 472 g/mol. The molecule has 0 amide bonds. The predicted octanol–water partition coefficient (Wildman–Crippen LogP) is 4.36. The van der Waals surface area contributed by atoms with Crippen LogP contribution in [0.3, 0.4) is 0 Å². The van der Waals surface area contributed by atoms with Gasteiger partial charge < -0.3 is 19.2 Å². The molecule has 2 aromatic carbocycles. The van der Waals surface area contributed by atoms with E-state index in [0.717, 1.165) is 54.6 Å². The van der Waals surface area contributed by atoms with Gasteiger partial charge in [0.05, 0.1) is 28.6 Å². The minimum atomic E-state index is -1.48. The molecular formula is C28H32N4O3S. The first-order chi connectivity index (χ1) is 17.1. The minimum absolute atomic E-state index is 0.0409. The van der Waals surface area contributed by atoms with Crippen LogP contribution in [-0.4, -0.2) is 64.4 Å². The lowest BCUT2D eigenvalue weighted by Crippen LogP contribution is -2.38. The molecule has 1 unspecified atom stereocenters. The molecule has 0 bridgehead atoms. The number of H-pyrrole nitrogens is 1. The highest BCUT2D eigenvalue weighted by molar-refractivity contribution is 7.89. The highest BCUT2D eigenvalue weighted by atomic mass is 32.2. The van der Waals surface area contributed by atoms with Crippen LogP contribution in [0.2, 0.25) is 0 Å². The largest absolute Gasteiger partial charge is 0.593 e. The lowest BCUT2D eigenvalue weighted by Gasteiger charge is -2.35. The Morgan fingerprint density at radius 2 is 1.97 bits per heavy atom. The van der Waals surface area contributed by atoms with E-state index in [-0.39, 0.29) is 11.9 Å². The third-order valence-corrected chi connectivity index (χ3v) is 8.94. The van der Waals surface area contributed by atoms with E-state index in [2.05, 4.69) is 36.7 Å². The topological polar surface area (TPSA) is 95.4 Å². The van der Waals surface area contributed by atoms with Crippen LogP contribution < -0.4 is 4.74 Å². The number of carbonyl (C=O) groups is 1. The highest BCUT2D eigenvalue weighted by Crippen LogP contribution is 2.46. The summed E-state index contributed by atoms with van der Waals surface area (Å²) in [6, 6.07) is 11.2. The number of nitrogens with one attached hydrogen (secondary N) is 1. The van der Waals surface area contributed by atoms with Crippen LogP contribution in [0, 0.1) is 11.3 Å². The van der Waals surface area contributed by atoms with E-state index >= 15 is 0 Å². The molecule has 7 nitrogen and oxygen atoms in total. The van der Waals surface area contributed by atoms with Gasteiger partial charge in [-0.2, -0.15) is 5.26 Å². The summed E-state index contributed by atoms with van der Waals surface area (Å²) in [5, 5.41) is 10.1. The van der Waals surface area contributed by atoms with Crippen LogP contribution in [0.25, 0.3) is 10.9 Å². The fourth-order valence-corrected chi connectivity index (χ4v) is 6.35. The van der Waals surface area contributed by atoms with Gasteiger partial charge in [0.2, 0.25) is 4.90 Å². The number of rotatable bonds is 5. The van der Waals surface area contributed by atoms with E-state index in [1.807, 2.05) is 12.1 Å². The van der Waals surface area contributed by atoms with Crippen molar-refractivity contribution in [2.24, 2.45) is 0 Å². The molecule has 188 valence electrons. The molecule has 8 heteroatoms. The maximum Gasteiger partial charge on any atom is 0.216 e. The number of nitriles is 1. The average Bonchev–Trinajstić information content (AvgIpc) is 3.27. The van der Waals surface area contributed by atoms with E-state index in [9.17, 15) is 14.6 Å². The second-order valence-corrected chi connectivity index (χ2v) is 12.0. The summed E-state index contributed by atoms with van der Waals surface area (Å²) >= 11 is -1.48. The zero-order valence-electron chi connectivity index (χ0n) is 21.5. The quantitative estimate of drug-likeness (QED) is 0.519. The van der Waals surface area contributed by atoms with Crippen molar-refractivity contribution in [3.8, 4) is 11.8 Å². The Hall–Kier alpha value is -2.83. The maximum absolute atomic E-state index is 13.9. The zero-order valence-corrected chi connectivity index (χ0v) is 22.3. The van der Waals surface area contributed by atoms with E-state index in [1.54, 1.807) is 36.6 Å². The Morgan fingerprint density at radius 3 is 2.61 bits per heavy atom. The van der Waals surface area contributed by atoms with Crippen molar-refractivity contribution >= 4 is 28.0 Å². The smallest absolute Gasteiger partial charge is 0.216 e. The SMILES string of the molecule is CCN1CCC(Oc2cc3c(cc2[S+]([O-])N(C)C)C(=O)c2c([nH]c4cc(C#N)ccc24)C3(C)C)CC1. The second kappa shape index (κ2) is 9.24. The Kier molecular flexibility index (Phi) is 6.38. The molecule has 5 rings (SSSR count). The molecule has 36 heavy (non-hydrogen) atoms. The first-order valence-electron chi connectivity index (χ1n) is 12.4. The normalized spacial score (nSPS) is 18.7. The highest BCUT2D eigenvalue weighted by Gasteiger charge is 2.42. The molecule has 1 aliphatic heterocycles. The summed E-state index contributed by atoms with van der Waals surface area (Å²) < 4.78 is 21.5. The van der Waals surface area contributed by atoms with E-state index in [1.165, 1.54) is 0 Å². The van der Waals surface area contributed by atoms with Crippen LogP contribution in [0.4, 0.5) is 0 Å². The van der Waals surface area contributed by atoms with Gasteiger partial charge >= 0.3 is 0 Å². The van der Waals surface area contributed by atoms with Crippen molar-refractivity contribution in [3.05, 3.63) is 58.3 Å². The van der Waals surface area contributed by atoms with Gasteiger partial charge in [-0.3, -0.25) is 4.79 Å². The summed E-state index contributed by atoms with van der Waals surface area (Å²) in [5.41, 5.74) is 3.64. The van der Waals surface area contributed by atoms with E-state index in [0.29, 0.717) is 27.3 Å². The number of ether oxygens (including phenoxy) is 1. The van der Waals surface area contributed by atoms with E-state index in [4.69, 9.17) is 4.74 Å². The van der Waals surface area contributed by atoms with E-state index < -0.39 is 16.8 Å². The number of nitrogens with zero attached hydrogens (tertiary/aromatic N) is 3. The van der Waals surface area contributed by atoms with Crippen LogP contribution >= 0.6 is 0 Å². The van der Waals surface area contributed by atoms with Gasteiger partial charge in [0.15, 0.2) is 11.5 Å².